The van der Waals surface area contributed by atoms with Gasteiger partial charge in [0.1, 0.15) is 5.58 Å². The minimum absolute atomic E-state index is 0.0811. The second-order valence-corrected chi connectivity index (χ2v) is 7.54. The Morgan fingerprint density at radius 3 is 2.54 bits per heavy atom. The van der Waals surface area contributed by atoms with Gasteiger partial charge in [0.2, 0.25) is 5.78 Å². The smallest absolute Gasteiger partial charge is 0.316 e. The molecule has 0 aliphatic rings. The van der Waals surface area contributed by atoms with Crippen LogP contribution in [0.5, 0.6) is 0 Å². The minimum Gasteiger partial charge on any atom is -0.457 e. The number of thioether (sulfide) groups is 1. The predicted molar refractivity (Wildman–Crippen MR) is 111 cm³/mol. The van der Waals surface area contributed by atoms with E-state index in [1.165, 1.54) is 11.8 Å². The molecule has 1 aromatic heterocycles. The first-order valence-corrected chi connectivity index (χ1v) is 9.95. The van der Waals surface area contributed by atoms with Crippen LogP contribution in [0, 0.1) is 0 Å². The van der Waals surface area contributed by atoms with Crippen molar-refractivity contribution in [2.75, 3.05) is 12.4 Å². The maximum Gasteiger partial charge on any atom is 0.316 e. The molecule has 0 unspecified atom stereocenters. The van der Waals surface area contributed by atoms with Crippen LogP contribution in [0.1, 0.15) is 10.6 Å². The number of esters is 1. The van der Waals surface area contributed by atoms with Crippen molar-refractivity contribution in [3.8, 4) is 0 Å². The summed E-state index contributed by atoms with van der Waals surface area (Å²) in [7, 11) is 0. The van der Waals surface area contributed by atoms with Crippen LogP contribution in [0.25, 0.3) is 21.7 Å². The number of hydrogen-bond donors (Lipinski definition) is 0. The number of furan rings is 1. The van der Waals surface area contributed by atoms with Crippen LogP contribution in [0.15, 0.2) is 76.0 Å². The van der Waals surface area contributed by atoms with E-state index in [-0.39, 0.29) is 23.9 Å². The van der Waals surface area contributed by atoms with Crippen LogP contribution in [-0.2, 0) is 9.53 Å². The van der Waals surface area contributed by atoms with Crippen LogP contribution < -0.4 is 0 Å². The summed E-state index contributed by atoms with van der Waals surface area (Å²) < 4.78 is 10.6. The number of benzene rings is 3. The molecular weight excluding hydrogens is 396 g/mol. The molecule has 0 saturated heterocycles. The maximum absolute atomic E-state index is 12.2. The Bertz CT molecular complexity index is 1140. The fraction of sp³-hybridized carbons (Fsp3) is 0.0909. The van der Waals surface area contributed by atoms with E-state index < -0.39 is 5.97 Å². The zero-order valence-electron chi connectivity index (χ0n) is 14.7. The summed E-state index contributed by atoms with van der Waals surface area (Å²) in [5, 5.41) is 3.38. The molecule has 4 aromatic rings. The molecule has 0 fully saturated rings. The first-order valence-electron chi connectivity index (χ1n) is 8.59. The summed E-state index contributed by atoms with van der Waals surface area (Å²) in [5.74, 6) is -0.582. The van der Waals surface area contributed by atoms with Crippen LogP contribution in [0.4, 0.5) is 0 Å². The SMILES string of the molecule is O=C(CSc1cccc2cccc(Cl)c12)OCC(=O)c1cc2ccccc2o1. The van der Waals surface area contributed by atoms with Crippen LogP contribution in [-0.4, -0.2) is 24.1 Å². The third kappa shape index (κ3) is 3.91. The molecule has 0 saturated carbocycles. The zero-order chi connectivity index (χ0) is 19.5. The van der Waals surface area contributed by atoms with Crippen LogP contribution in [0.2, 0.25) is 5.02 Å². The van der Waals surface area contributed by atoms with E-state index in [1.54, 1.807) is 12.1 Å². The Balaban J connectivity index is 1.37. The van der Waals surface area contributed by atoms with E-state index in [0.717, 1.165) is 21.1 Å². The van der Waals surface area contributed by atoms with Gasteiger partial charge >= 0.3 is 5.97 Å². The van der Waals surface area contributed by atoms with E-state index in [1.807, 2.05) is 54.6 Å². The molecular formula is C22H15ClO4S. The molecule has 4 nitrogen and oxygen atoms in total. The van der Waals surface area contributed by atoms with E-state index in [4.69, 9.17) is 20.8 Å². The summed E-state index contributed by atoms with van der Waals surface area (Å²) in [6, 6.07) is 20.4. The fourth-order valence-electron chi connectivity index (χ4n) is 2.90. The van der Waals surface area contributed by atoms with Crippen LogP contribution >= 0.6 is 23.4 Å². The van der Waals surface area contributed by atoms with Gasteiger partial charge in [-0.1, -0.05) is 54.1 Å². The lowest BCUT2D eigenvalue weighted by molar-refractivity contribution is -0.139. The Labute approximate surface area is 170 Å². The van der Waals surface area contributed by atoms with Gasteiger partial charge < -0.3 is 9.15 Å². The third-order valence-electron chi connectivity index (χ3n) is 4.23. The molecule has 140 valence electrons. The average Bonchev–Trinajstić information content (AvgIpc) is 3.15. The van der Waals surface area contributed by atoms with Crippen molar-refractivity contribution in [3.63, 3.8) is 0 Å². The van der Waals surface area contributed by atoms with Crippen molar-refractivity contribution in [3.05, 3.63) is 77.5 Å². The quantitative estimate of drug-likeness (QED) is 0.230. The molecule has 0 aliphatic heterocycles. The molecule has 6 heteroatoms. The van der Waals surface area contributed by atoms with Crippen molar-refractivity contribution in [1.29, 1.82) is 0 Å². The highest BCUT2D eigenvalue weighted by Crippen LogP contribution is 2.33. The lowest BCUT2D eigenvalue weighted by atomic mass is 10.1. The largest absolute Gasteiger partial charge is 0.457 e. The van der Waals surface area contributed by atoms with E-state index in [0.29, 0.717) is 10.6 Å². The molecule has 0 spiro atoms. The number of ketones is 1. The van der Waals surface area contributed by atoms with Crippen LogP contribution in [0.3, 0.4) is 0 Å². The second-order valence-electron chi connectivity index (χ2n) is 6.12. The summed E-state index contributed by atoms with van der Waals surface area (Å²) in [4.78, 5) is 25.2. The van der Waals surface area contributed by atoms with E-state index in [2.05, 4.69) is 0 Å². The number of para-hydroxylation sites is 1. The normalized spacial score (nSPS) is 11.0. The number of rotatable bonds is 6. The van der Waals surface area contributed by atoms with Crippen molar-refractivity contribution in [2.24, 2.45) is 0 Å². The Morgan fingerprint density at radius 1 is 0.964 bits per heavy atom. The number of carbonyl (C=O) groups excluding carboxylic acids is 2. The molecule has 0 N–H and O–H groups in total. The van der Waals surface area contributed by atoms with Gasteiger partial charge in [-0.15, -0.1) is 11.8 Å². The average molecular weight is 411 g/mol. The molecule has 0 amide bonds. The number of halogens is 1. The maximum atomic E-state index is 12.2. The first-order chi connectivity index (χ1) is 13.6. The monoisotopic (exact) mass is 410 g/mol. The number of hydrogen-bond acceptors (Lipinski definition) is 5. The van der Waals surface area contributed by atoms with Gasteiger partial charge in [0.15, 0.2) is 12.4 Å². The molecule has 0 aliphatic carbocycles. The second kappa shape index (κ2) is 8.09. The van der Waals surface area contributed by atoms with E-state index >= 15 is 0 Å². The van der Waals surface area contributed by atoms with Crippen molar-refractivity contribution >= 4 is 56.9 Å². The van der Waals surface area contributed by atoms with Gasteiger partial charge in [0.25, 0.3) is 0 Å². The number of Topliss-reactive ketones (excluding diaryl/α,β-unsaturated/α-hetero) is 1. The summed E-state index contributed by atoms with van der Waals surface area (Å²) in [6.07, 6.45) is 0. The zero-order valence-corrected chi connectivity index (χ0v) is 16.3. The van der Waals surface area contributed by atoms with Gasteiger partial charge in [-0.2, -0.15) is 0 Å². The predicted octanol–water partition coefficient (Wildman–Crippen LogP) is 5.76. The summed E-state index contributed by atoms with van der Waals surface area (Å²) >= 11 is 7.63. The molecule has 0 atom stereocenters. The highest BCUT2D eigenvalue weighted by atomic mass is 35.5. The van der Waals surface area contributed by atoms with Gasteiger partial charge in [0.05, 0.1) is 5.75 Å². The number of carbonyl (C=O) groups is 2. The Morgan fingerprint density at radius 2 is 1.71 bits per heavy atom. The topological polar surface area (TPSA) is 56.5 Å². The lowest BCUT2D eigenvalue weighted by Crippen LogP contribution is -2.15. The van der Waals surface area contributed by atoms with E-state index in [9.17, 15) is 9.59 Å². The van der Waals surface area contributed by atoms with Gasteiger partial charge in [-0.25, -0.2) is 0 Å². The molecule has 3 aromatic carbocycles. The van der Waals surface area contributed by atoms with Gasteiger partial charge in [0, 0.05) is 20.7 Å². The summed E-state index contributed by atoms with van der Waals surface area (Å²) in [6.45, 7) is -0.352. The highest BCUT2D eigenvalue weighted by molar-refractivity contribution is 8.00. The molecule has 4 rings (SSSR count). The van der Waals surface area contributed by atoms with Crippen molar-refractivity contribution in [1.82, 2.24) is 0 Å². The highest BCUT2D eigenvalue weighted by Gasteiger charge is 2.15. The molecule has 0 radical (unpaired) electrons. The molecule has 0 bridgehead atoms. The molecule has 1 heterocycles. The standard InChI is InChI=1S/C22H15ClO4S/c23-16-8-3-6-14-7-4-10-20(22(14)16)28-13-21(25)26-12-17(24)19-11-15-5-1-2-9-18(15)27-19/h1-11H,12-13H2. The molecule has 28 heavy (non-hydrogen) atoms. The lowest BCUT2D eigenvalue weighted by Gasteiger charge is -2.08. The van der Waals surface area contributed by atoms with Gasteiger partial charge in [-0.3, -0.25) is 9.59 Å². The third-order valence-corrected chi connectivity index (χ3v) is 5.57. The van der Waals surface area contributed by atoms with Gasteiger partial charge in [-0.05, 0) is 29.7 Å². The summed E-state index contributed by atoms with van der Waals surface area (Å²) in [5.41, 5.74) is 0.626. The first kappa shape index (κ1) is 18.6. The fourth-order valence-corrected chi connectivity index (χ4v) is 4.14. The number of fused-ring (bicyclic) bond motifs is 2. The Hall–Kier alpha value is -2.76. The number of ether oxygens (including phenoxy) is 1. The Kier molecular flexibility index (Phi) is 5.37. The van der Waals surface area contributed by atoms with Crippen molar-refractivity contribution in [2.45, 2.75) is 4.90 Å². The van der Waals surface area contributed by atoms with Crippen molar-refractivity contribution < 1.29 is 18.7 Å². The minimum atomic E-state index is -0.474.